The van der Waals surface area contributed by atoms with Crippen LogP contribution in [-0.4, -0.2) is 18.5 Å². The molecule has 1 aliphatic heterocycles. The highest BCUT2D eigenvalue weighted by Crippen LogP contribution is 2.16. The summed E-state index contributed by atoms with van der Waals surface area (Å²) in [6, 6.07) is 6.81. The Hall–Kier alpha value is -1.38. The fourth-order valence-electron chi connectivity index (χ4n) is 1.70. The number of ether oxygens (including phenoxy) is 1. The van der Waals surface area contributed by atoms with Gasteiger partial charge in [-0.25, -0.2) is 9.38 Å². The molecular weight excluding hydrogens is 205 g/mol. The summed E-state index contributed by atoms with van der Waals surface area (Å²) < 4.78 is 18.5. The highest BCUT2D eigenvalue weighted by atomic mass is 19.1. The van der Waals surface area contributed by atoms with Crippen LogP contribution >= 0.6 is 0 Å². The second kappa shape index (κ2) is 4.64. The van der Waals surface area contributed by atoms with Crippen LogP contribution in [0.3, 0.4) is 0 Å². The second-order valence-electron chi connectivity index (χ2n) is 4.45. The predicted molar refractivity (Wildman–Crippen MR) is 62.1 cm³/mol. The van der Waals surface area contributed by atoms with Crippen molar-refractivity contribution < 1.29 is 9.13 Å². The summed E-state index contributed by atoms with van der Waals surface area (Å²) in [5, 5.41) is 0. The quantitative estimate of drug-likeness (QED) is 0.769. The molecule has 0 saturated carbocycles. The van der Waals surface area contributed by atoms with Gasteiger partial charge in [-0.2, -0.15) is 0 Å². The normalized spacial score (nSPS) is 19.8. The van der Waals surface area contributed by atoms with Crippen molar-refractivity contribution in [1.82, 2.24) is 0 Å². The molecule has 0 bridgehead atoms. The molecule has 0 saturated heterocycles. The van der Waals surface area contributed by atoms with Gasteiger partial charge >= 0.3 is 0 Å². The van der Waals surface area contributed by atoms with Crippen molar-refractivity contribution >= 4 is 5.90 Å². The molecule has 0 spiro atoms. The number of hydrogen-bond acceptors (Lipinski definition) is 2. The molecule has 1 heterocycles. The molecule has 1 aromatic carbocycles. The Kier molecular flexibility index (Phi) is 3.22. The van der Waals surface area contributed by atoms with Gasteiger partial charge in [0.15, 0.2) is 5.90 Å². The predicted octanol–water partition coefficient (Wildman–Crippen LogP) is 2.82. The van der Waals surface area contributed by atoms with E-state index in [4.69, 9.17) is 4.74 Å². The van der Waals surface area contributed by atoms with E-state index < -0.39 is 0 Å². The molecule has 0 N–H and O–H groups in total. The lowest BCUT2D eigenvalue weighted by Crippen LogP contribution is -2.13. The van der Waals surface area contributed by atoms with E-state index in [0.717, 1.165) is 11.5 Å². The Balaban J connectivity index is 2.03. The zero-order chi connectivity index (χ0) is 11.5. The Morgan fingerprint density at radius 1 is 1.50 bits per heavy atom. The van der Waals surface area contributed by atoms with Crippen LogP contribution in [0.5, 0.6) is 0 Å². The van der Waals surface area contributed by atoms with Gasteiger partial charge in [0.05, 0.1) is 6.04 Å². The van der Waals surface area contributed by atoms with Crippen molar-refractivity contribution in [3.8, 4) is 0 Å². The van der Waals surface area contributed by atoms with E-state index in [2.05, 4.69) is 18.8 Å². The average molecular weight is 221 g/mol. The topological polar surface area (TPSA) is 21.6 Å². The van der Waals surface area contributed by atoms with Gasteiger partial charge in [-0.15, -0.1) is 0 Å². The summed E-state index contributed by atoms with van der Waals surface area (Å²) in [5.74, 6) is 1.01. The largest absolute Gasteiger partial charge is 0.478 e. The van der Waals surface area contributed by atoms with E-state index in [1.54, 1.807) is 6.07 Å². The molecule has 3 heteroatoms. The first kappa shape index (κ1) is 11.1. The van der Waals surface area contributed by atoms with Gasteiger partial charge in [-0.05, 0) is 23.6 Å². The molecule has 0 aliphatic carbocycles. The van der Waals surface area contributed by atoms with Gasteiger partial charge in [0.25, 0.3) is 0 Å². The van der Waals surface area contributed by atoms with E-state index >= 15 is 0 Å². The minimum absolute atomic E-state index is 0.212. The third kappa shape index (κ3) is 2.60. The van der Waals surface area contributed by atoms with E-state index in [9.17, 15) is 4.39 Å². The number of rotatable bonds is 3. The van der Waals surface area contributed by atoms with E-state index in [1.807, 2.05) is 6.07 Å². The van der Waals surface area contributed by atoms with Gasteiger partial charge in [-0.1, -0.05) is 26.0 Å². The molecule has 0 amide bonds. The van der Waals surface area contributed by atoms with Crippen LogP contribution < -0.4 is 0 Å². The number of halogens is 1. The minimum Gasteiger partial charge on any atom is -0.478 e. The summed E-state index contributed by atoms with van der Waals surface area (Å²) in [7, 11) is 0. The Bertz CT molecular complexity index is 401. The van der Waals surface area contributed by atoms with Gasteiger partial charge in [-0.3, -0.25) is 0 Å². The van der Waals surface area contributed by atoms with Crippen LogP contribution in [-0.2, 0) is 11.2 Å². The van der Waals surface area contributed by atoms with Crippen molar-refractivity contribution in [2.45, 2.75) is 26.3 Å². The number of hydrogen-bond donors (Lipinski definition) is 0. The summed E-state index contributed by atoms with van der Waals surface area (Å²) in [4.78, 5) is 4.48. The van der Waals surface area contributed by atoms with E-state index in [1.165, 1.54) is 12.1 Å². The molecule has 16 heavy (non-hydrogen) atoms. The lowest BCUT2D eigenvalue weighted by Gasteiger charge is -2.06. The average Bonchev–Trinajstić information content (AvgIpc) is 2.66. The van der Waals surface area contributed by atoms with Crippen LogP contribution in [0.25, 0.3) is 0 Å². The van der Waals surface area contributed by atoms with Crippen LogP contribution in [0.2, 0.25) is 0 Å². The van der Waals surface area contributed by atoms with Crippen LogP contribution in [0.4, 0.5) is 4.39 Å². The second-order valence-corrected chi connectivity index (χ2v) is 4.45. The van der Waals surface area contributed by atoms with Crippen LogP contribution in [0.15, 0.2) is 29.3 Å². The number of aliphatic imine (C=N–C) groups is 1. The first-order chi connectivity index (χ1) is 7.65. The van der Waals surface area contributed by atoms with Crippen molar-refractivity contribution in [2.75, 3.05) is 6.61 Å². The molecule has 0 radical (unpaired) electrons. The first-order valence-electron chi connectivity index (χ1n) is 5.59. The molecule has 2 nitrogen and oxygen atoms in total. The summed E-state index contributed by atoms with van der Waals surface area (Å²) in [5.41, 5.74) is 0.906. The summed E-state index contributed by atoms with van der Waals surface area (Å²) >= 11 is 0. The fraction of sp³-hybridized carbons (Fsp3) is 0.462. The van der Waals surface area contributed by atoms with Crippen LogP contribution in [0.1, 0.15) is 19.4 Å². The van der Waals surface area contributed by atoms with Crippen molar-refractivity contribution in [3.05, 3.63) is 35.6 Å². The smallest absolute Gasteiger partial charge is 0.188 e. The van der Waals surface area contributed by atoms with Gasteiger partial charge in [0.1, 0.15) is 12.4 Å². The molecule has 2 rings (SSSR count). The van der Waals surface area contributed by atoms with Gasteiger partial charge in [0, 0.05) is 6.42 Å². The fourth-order valence-corrected chi connectivity index (χ4v) is 1.70. The third-order valence-electron chi connectivity index (χ3n) is 2.74. The van der Waals surface area contributed by atoms with Crippen molar-refractivity contribution in [2.24, 2.45) is 10.9 Å². The van der Waals surface area contributed by atoms with Crippen LogP contribution in [0, 0.1) is 11.7 Å². The first-order valence-corrected chi connectivity index (χ1v) is 5.59. The van der Waals surface area contributed by atoms with Crippen molar-refractivity contribution in [3.63, 3.8) is 0 Å². The van der Waals surface area contributed by atoms with Gasteiger partial charge in [0.2, 0.25) is 0 Å². The lowest BCUT2D eigenvalue weighted by molar-refractivity contribution is 0.287. The molecule has 86 valence electrons. The van der Waals surface area contributed by atoms with E-state index in [-0.39, 0.29) is 11.9 Å². The Labute approximate surface area is 95.2 Å². The highest BCUT2D eigenvalue weighted by molar-refractivity contribution is 5.80. The monoisotopic (exact) mass is 221 g/mol. The zero-order valence-electron chi connectivity index (χ0n) is 9.61. The number of nitrogens with zero attached hydrogens (tertiary/aromatic N) is 1. The molecule has 0 aromatic heterocycles. The zero-order valence-corrected chi connectivity index (χ0v) is 9.61. The molecule has 1 aliphatic rings. The molecule has 1 atom stereocenters. The molecule has 0 unspecified atom stereocenters. The molecular formula is C13H16FNO. The molecule has 0 fully saturated rings. The standard InChI is InChI=1S/C13H16FNO/c1-9(2)12-8-16-13(15-12)7-10-4-3-5-11(14)6-10/h3-6,9,12H,7-8H2,1-2H3/t12-/m0/s1. The summed E-state index contributed by atoms with van der Waals surface area (Å²) in [6.45, 7) is 4.91. The van der Waals surface area contributed by atoms with Crippen molar-refractivity contribution in [1.29, 1.82) is 0 Å². The lowest BCUT2D eigenvalue weighted by atomic mass is 10.1. The highest BCUT2D eigenvalue weighted by Gasteiger charge is 2.21. The number of benzene rings is 1. The summed E-state index contributed by atoms with van der Waals surface area (Å²) in [6.07, 6.45) is 0.584. The molecule has 1 aromatic rings. The Morgan fingerprint density at radius 2 is 2.31 bits per heavy atom. The maximum Gasteiger partial charge on any atom is 0.188 e. The third-order valence-corrected chi connectivity index (χ3v) is 2.74. The SMILES string of the molecule is CC(C)[C@@H]1COC(Cc2cccc(F)c2)=N1. The van der Waals surface area contributed by atoms with Gasteiger partial charge < -0.3 is 4.74 Å². The van der Waals surface area contributed by atoms with E-state index in [0.29, 0.717) is 18.9 Å². The Morgan fingerprint density at radius 3 is 2.94 bits per heavy atom. The maximum atomic E-state index is 13.0. The maximum absolute atomic E-state index is 13.0. The minimum atomic E-state index is -0.212.